The first-order chi connectivity index (χ1) is 10.2. The number of cyclic esters (lactones) is 2. The van der Waals surface area contributed by atoms with Gasteiger partial charge in [-0.3, -0.25) is 10.1 Å². The van der Waals surface area contributed by atoms with E-state index in [1.807, 2.05) is 0 Å². The van der Waals surface area contributed by atoms with Crippen LogP contribution in [-0.4, -0.2) is 27.8 Å². The van der Waals surface area contributed by atoms with Gasteiger partial charge in [-0.15, -0.1) is 0 Å². The predicted molar refractivity (Wildman–Crippen MR) is 72.7 cm³/mol. The van der Waals surface area contributed by atoms with Gasteiger partial charge in [0.2, 0.25) is 0 Å². The first-order valence-electron chi connectivity index (χ1n) is 6.10. The Kier molecular flexibility index (Phi) is 3.72. The molecule has 2 rings (SSSR count). The molecule has 1 saturated heterocycles. The Labute approximate surface area is 124 Å². The van der Waals surface area contributed by atoms with Crippen LogP contribution in [0.5, 0.6) is 5.75 Å². The van der Waals surface area contributed by atoms with Crippen LogP contribution in [0.15, 0.2) is 30.0 Å². The van der Waals surface area contributed by atoms with Crippen molar-refractivity contribution < 1.29 is 29.1 Å². The molecule has 1 aliphatic heterocycles. The third kappa shape index (κ3) is 3.14. The third-order valence-corrected chi connectivity index (χ3v) is 2.67. The molecular weight excluding hydrogens is 296 g/mol. The van der Waals surface area contributed by atoms with Gasteiger partial charge >= 0.3 is 17.6 Å². The Morgan fingerprint density at radius 2 is 1.86 bits per heavy atom. The molecule has 1 aromatic rings. The van der Waals surface area contributed by atoms with Gasteiger partial charge in [-0.2, -0.15) is 0 Å². The van der Waals surface area contributed by atoms with Crippen molar-refractivity contribution in [1.82, 2.24) is 0 Å². The molecule has 1 fully saturated rings. The van der Waals surface area contributed by atoms with Gasteiger partial charge in [0.15, 0.2) is 11.3 Å². The van der Waals surface area contributed by atoms with Crippen molar-refractivity contribution in [3.8, 4) is 5.75 Å². The zero-order valence-corrected chi connectivity index (χ0v) is 11.7. The normalized spacial score (nSPS) is 16.5. The first kappa shape index (κ1) is 15.3. The highest BCUT2D eigenvalue weighted by Crippen LogP contribution is 2.29. The highest BCUT2D eigenvalue weighted by molar-refractivity contribution is 6.15. The predicted octanol–water partition coefficient (Wildman–Crippen LogP) is 1.43. The van der Waals surface area contributed by atoms with E-state index in [4.69, 9.17) is 9.47 Å². The van der Waals surface area contributed by atoms with Crippen molar-refractivity contribution in [2.24, 2.45) is 0 Å². The molecule has 1 aromatic carbocycles. The number of benzene rings is 1. The van der Waals surface area contributed by atoms with Crippen LogP contribution in [0.4, 0.5) is 11.4 Å². The number of esters is 2. The quantitative estimate of drug-likeness (QED) is 0.214. The molecule has 9 heteroatoms. The Morgan fingerprint density at radius 1 is 1.27 bits per heavy atom. The number of nitro groups is 1. The molecule has 1 aliphatic rings. The fraction of sp³-hybridized carbons (Fsp3) is 0.231. The molecule has 0 unspecified atom stereocenters. The summed E-state index contributed by atoms with van der Waals surface area (Å²) in [4.78, 5) is 33.3. The second kappa shape index (κ2) is 5.35. The lowest BCUT2D eigenvalue weighted by atomic mass is 10.2. The summed E-state index contributed by atoms with van der Waals surface area (Å²) < 4.78 is 9.78. The lowest BCUT2D eigenvalue weighted by molar-refractivity contribution is -0.385. The van der Waals surface area contributed by atoms with Crippen LogP contribution in [0.2, 0.25) is 0 Å². The average Bonchev–Trinajstić information content (AvgIpc) is 2.37. The van der Waals surface area contributed by atoms with E-state index in [1.165, 1.54) is 19.9 Å². The minimum Gasteiger partial charge on any atom is -0.502 e. The number of carbonyl (C=O) groups is 2. The summed E-state index contributed by atoms with van der Waals surface area (Å²) >= 11 is 0. The summed E-state index contributed by atoms with van der Waals surface area (Å²) in [6.45, 7) is 2.83. The van der Waals surface area contributed by atoms with Crippen LogP contribution in [0.1, 0.15) is 13.8 Å². The van der Waals surface area contributed by atoms with Crippen LogP contribution in [0.25, 0.3) is 0 Å². The number of nitro benzene ring substituents is 1. The molecule has 0 amide bonds. The maximum absolute atomic E-state index is 11.7. The SMILES string of the molecule is CC1(C)OC(=O)C(=CNc2ccc(O)c([N+](=O)[O-])c2)C(=O)O1. The van der Waals surface area contributed by atoms with E-state index in [2.05, 4.69) is 5.32 Å². The molecule has 0 atom stereocenters. The van der Waals surface area contributed by atoms with Crippen molar-refractivity contribution >= 4 is 23.3 Å². The van der Waals surface area contributed by atoms with Gasteiger partial charge in [-0.05, 0) is 12.1 Å². The Morgan fingerprint density at radius 3 is 2.41 bits per heavy atom. The molecule has 22 heavy (non-hydrogen) atoms. The van der Waals surface area contributed by atoms with Crippen molar-refractivity contribution in [2.75, 3.05) is 5.32 Å². The molecule has 0 radical (unpaired) electrons. The number of rotatable bonds is 3. The van der Waals surface area contributed by atoms with E-state index in [0.717, 1.165) is 18.3 Å². The standard InChI is InChI=1S/C13H12N2O7/c1-13(2)21-11(17)8(12(18)22-13)6-14-7-3-4-10(16)9(5-7)15(19)20/h3-6,14,16H,1-2H3. The Balaban J connectivity index is 2.22. The van der Waals surface area contributed by atoms with Crippen LogP contribution < -0.4 is 5.32 Å². The van der Waals surface area contributed by atoms with Gasteiger partial charge in [0.1, 0.15) is 0 Å². The molecule has 0 saturated carbocycles. The van der Waals surface area contributed by atoms with Gasteiger partial charge < -0.3 is 19.9 Å². The van der Waals surface area contributed by atoms with E-state index in [0.29, 0.717) is 0 Å². The van der Waals surface area contributed by atoms with E-state index in [9.17, 15) is 24.8 Å². The van der Waals surface area contributed by atoms with Crippen molar-refractivity contribution in [2.45, 2.75) is 19.6 Å². The summed E-state index contributed by atoms with van der Waals surface area (Å²) in [5.41, 5.74) is -0.698. The van der Waals surface area contributed by atoms with Gasteiger partial charge in [-0.1, -0.05) is 0 Å². The number of carbonyl (C=O) groups excluding carboxylic acids is 2. The number of ether oxygens (including phenoxy) is 2. The summed E-state index contributed by atoms with van der Waals surface area (Å²) in [7, 11) is 0. The van der Waals surface area contributed by atoms with Crippen LogP contribution in [-0.2, 0) is 19.1 Å². The zero-order chi connectivity index (χ0) is 16.5. The molecule has 0 bridgehead atoms. The van der Waals surface area contributed by atoms with Crippen LogP contribution >= 0.6 is 0 Å². The van der Waals surface area contributed by atoms with E-state index >= 15 is 0 Å². The summed E-state index contributed by atoms with van der Waals surface area (Å²) in [5, 5.41) is 22.6. The number of aromatic hydroxyl groups is 1. The summed E-state index contributed by atoms with van der Waals surface area (Å²) in [6, 6.07) is 3.50. The van der Waals surface area contributed by atoms with E-state index < -0.39 is 34.1 Å². The largest absolute Gasteiger partial charge is 0.502 e. The maximum Gasteiger partial charge on any atom is 0.350 e. The summed E-state index contributed by atoms with van der Waals surface area (Å²) in [5.74, 6) is -3.59. The highest BCUT2D eigenvalue weighted by atomic mass is 16.7. The molecule has 2 N–H and O–H groups in total. The number of phenolic OH excluding ortho intramolecular Hbond substituents is 1. The summed E-state index contributed by atoms with van der Waals surface area (Å²) in [6.07, 6.45) is 1.02. The zero-order valence-electron chi connectivity index (χ0n) is 11.7. The topological polar surface area (TPSA) is 128 Å². The second-order valence-corrected chi connectivity index (χ2v) is 4.84. The molecule has 1 heterocycles. The van der Waals surface area contributed by atoms with Gasteiger partial charge in [0, 0.05) is 31.8 Å². The number of nitrogens with zero attached hydrogens (tertiary/aromatic N) is 1. The van der Waals surface area contributed by atoms with Gasteiger partial charge in [0.25, 0.3) is 5.79 Å². The number of anilines is 1. The molecular formula is C13H12N2O7. The molecule has 0 aliphatic carbocycles. The molecule has 116 valence electrons. The third-order valence-electron chi connectivity index (χ3n) is 2.67. The van der Waals surface area contributed by atoms with Crippen molar-refractivity contribution in [3.05, 3.63) is 40.1 Å². The van der Waals surface area contributed by atoms with Gasteiger partial charge in [0.05, 0.1) is 4.92 Å². The first-order valence-corrected chi connectivity index (χ1v) is 6.10. The lowest BCUT2D eigenvalue weighted by Gasteiger charge is -2.29. The average molecular weight is 308 g/mol. The molecule has 9 nitrogen and oxygen atoms in total. The minimum atomic E-state index is -1.34. The smallest absolute Gasteiger partial charge is 0.350 e. The fourth-order valence-corrected chi connectivity index (χ4v) is 1.69. The Bertz CT molecular complexity index is 672. The van der Waals surface area contributed by atoms with Gasteiger partial charge in [-0.25, -0.2) is 9.59 Å². The lowest BCUT2D eigenvalue weighted by Crippen LogP contribution is -2.42. The number of phenols is 1. The van der Waals surface area contributed by atoms with Crippen molar-refractivity contribution in [3.63, 3.8) is 0 Å². The minimum absolute atomic E-state index is 0.197. The molecule has 0 spiro atoms. The Hall–Kier alpha value is -3.10. The fourth-order valence-electron chi connectivity index (χ4n) is 1.69. The van der Waals surface area contributed by atoms with E-state index in [1.54, 1.807) is 0 Å². The number of hydrogen-bond donors (Lipinski definition) is 2. The van der Waals surface area contributed by atoms with E-state index in [-0.39, 0.29) is 11.3 Å². The van der Waals surface area contributed by atoms with Crippen LogP contribution in [0.3, 0.4) is 0 Å². The molecule has 0 aromatic heterocycles. The highest BCUT2D eigenvalue weighted by Gasteiger charge is 2.38. The second-order valence-electron chi connectivity index (χ2n) is 4.84. The number of hydrogen-bond acceptors (Lipinski definition) is 8. The maximum atomic E-state index is 11.7. The number of nitrogens with one attached hydrogen (secondary N) is 1. The van der Waals surface area contributed by atoms with Crippen molar-refractivity contribution in [1.29, 1.82) is 0 Å². The van der Waals surface area contributed by atoms with Crippen LogP contribution in [0, 0.1) is 10.1 Å². The monoisotopic (exact) mass is 308 g/mol.